The predicted octanol–water partition coefficient (Wildman–Crippen LogP) is 1.71. The van der Waals surface area contributed by atoms with Crippen LogP contribution in [0.2, 0.25) is 0 Å². The molecule has 1 aliphatic rings. The summed E-state index contributed by atoms with van der Waals surface area (Å²) in [5, 5.41) is 3.15. The van der Waals surface area contributed by atoms with Gasteiger partial charge in [-0.15, -0.1) is 0 Å². The minimum absolute atomic E-state index is 0.271. The first-order chi connectivity index (χ1) is 8.36. The molecule has 1 heterocycles. The summed E-state index contributed by atoms with van der Waals surface area (Å²) >= 11 is 0. The summed E-state index contributed by atoms with van der Waals surface area (Å²) in [6, 6.07) is 8.35. The number of benzene rings is 1. The molecule has 4 heteroatoms. The standard InChI is InChI=1S/C14H22BNO2/c1-13(2)14(3,4)18-15(17-13)12-8-6-7-11(9-12)10-16-5/h6-9,16H,10H2,1-5H3. The van der Waals surface area contributed by atoms with Crippen LogP contribution in [0.3, 0.4) is 0 Å². The van der Waals surface area contributed by atoms with Crippen LogP contribution in [0.4, 0.5) is 0 Å². The van der Waals surface area contributed by atoms with Gasteiger partial charge in [-0.1, -0.05) is 24.3 Å². The van der Waals surface area contributed by atoms with Gasteiger partial charge in [-0.2, -0.15) is 0 Å². The van der Waals surface area contributed by atoms with Crippen LogP contribution in [0.5, 0.6) is 0 Å². The highest BCUT2D eigenvalue weighted by Crippen LogP contribution is 2.36. The minimum atomic E-state index is -0.281. The molecule has 0 aliphatic carbocycles. The van der Waals surface area contributed by atoms with Gasteiger partial charge in [0.25, 0.3) is 0 Å². The van der Waals surface area contributed by atoms with E-state index in [9.17, 15) is 0 Å². The van der Waals surface area contributed by atoms with Gasteiger partial charge in [-0.05, 0) is 45.8 Å². The van der Waals surface area contributed by atoms with Gasteiger partial charge in [0, 0.05) is 6.54 Å². The van der Waals surface area contributed by atoms with E-state index in [1.807, 2.05) is 13.1 Å². The zero-order valence-electron chi connectivity index (χ0n) is 11.9. The summed E-state index contributed by atoms with van der Waals surface area (Å²) in [6.07, 6.45) is 0. The van der Waals surface area contributed by atoms with Gasteiger partial charge in [-0.25, -0.2) is 0 Å². The molecule has 0 unspecified atom stereocenters. The Balaban J connectivity index is 2.21. The number of nitrogens with one attached hydrogen (secondary N) is 1. The summed E-state index contributed by atoms with van der Waals surface area (Å²) < 4.78 is 12.1. The van der Waals surface area contributed by atoms with Crippen LogP contribution in [0.15, 0.2) is 24.3 Å². The molecule has 0 saturated carbocycles. The Bertz CT molecular complexity index is 416. The van der Waals surface area contributed by atoms with Crippen LogP contribution in [0.1, 0.15) is 33.3 Å². The molecule has 1 saturated heterocycles. The van der Waals surface area contributed by atoms with Gasteiger partial charge < -0.3 is 14.6 Å². The van der Waals surface area contributed by atoms with Gasteiger partial charge in [-0.3, -0.25) is 0 Å². The lowest BCUT2D eigenvalue weighted by Gasteiger charge is -2.32. The van der Waals surface area contributed by atoms with E-state index in [4.69, 9.17) is 9.31 Å². The second-order valence-electron chi connectivity index (χ2n) is 5.86. The van der Waals surface area contributed by atoms with Crippen molar-refractivity contribution in [2.45, 2.75) is 45.4 Å². The van der Waals surface area contributed by atoms with Crippen molar-refractivity contribution < 1.29 is 9.31 Å². The molecule has 98 valence electrons. The molecule has 0 bridgehead atoms. The highest BCUT2D eigenvalue weighted by atomic mass is 16.7. The molecule has 0 radical (unpaired) electrons. The van der Waals surface area contributed by atoms with Crippen LogP contribution >= 0.6 is 0 Å². The van der Waals surface area contributed by atoms with E-state index >= 15 is 0 Å². The maximum absolute atomic E-state index is 6.04. The van der Waals surface area contributed by atoms with Crippen molar-refractivity contribution in [2.24, 2.45) is 0 Å². The first kappa shape index (κ1) is 13.6. The Morgan fingerprint density at radius 3 is 2.28 bits per heavy atom. The molecular formula is C14H22BNO2. The van der Waals surface area contributed by atoms with Crippen molar-refractivity contribution in [3.05, 3.63) is 29.8 Å². The first-order valence-electron chi connectivity index (χ1n) is 6.45. The smallest absolute Gasteiger partial charge is 0.399 e. The summed E-state index contributed by atoms with van der Waals surface area (Å²) in [7, 11) is 1.67. The number of hydrogen-bond donors (Lipinski definition) is 1. The Morgan fingerprint density at radius 1 is 1.11 bits per heavy atom. The number of rotatable bonds is 3. The van der Waals surface area contributed by atoms with Crippen LogP contribution in [0, 0.1) is 0 Å². The van der Waals surface area contributed by atoms with Crippen LogP contribution in [0.25, 0.3) is 0 Å². The fourth-order valence-corrected chi connectivity index (χ4v) is 2.03. The van der Waals surface area contributed by atoms with Crippen molar-refractivity contribution >= 4 is 12.6 Å². The molecule has 0 amide bonds. The van der Waals surface area contributed by atoms with Gasteiger partial charge >= 0.3 is 7.12 Å². The van der Waals surface area contributed by atoms with Gasteiger partial charge in [0.1, 0.15) is 0 Å². The molecular weight excluding hydrogens is 225 g/mol. The van der Waals surface area contributed by atoms with E-state index in [-0.39, 0.29) is 18.3 Å². The van der Waals surface area contributed by atoms with Crippen molar-refractivity contribution in [1.82, 2.24) is 5.32 Å². The largest absolute Gasteiger partial charge is 0.494 e. The Labute approximate surface area is 110 Å². The maximum atomic E-state index is 6.04. The third-order valence-electron chi connectivity index (χ3n) is 3.86. The van der Waals surface area contributed by atoms with Crippen LogP contribution < -0.4 is 10.8 Å². The zero-order valence-corrected chi connectivity index (χ0v) is 11.9. The van der Waals surface area contributed by atoms with Crippen LogP contribution in [-0.2, 0) is 15.9 Å². The maximum Gasteiger partial charge on any atom is 0.494 e. The van der Waals surface area contributed by atoms with Crippen molar-refractivity contribution in [3.63, 3.8) is 0 Å². The predicted molar refractivity (Wildman–Crippen MR) is 74.9 cm³/mol. The Morgan fingerprint density at radius 2 is 1.72 bits per heavy atom. The molecule has 1 fully saturated rings. The van der Waals surface area contributed by atoms with E-state index in [0.717, 1.165) is 12.0 Å². The average molecular weight is 247 g/mol. The SMILES string of the molecule is CNCc1cccc(B2OC(C)(C)C(C)(C)O2)c1. The third-order valence-corrected chi connectivity index (χ3v) is 3.86. The molecule has 1 aliphatic heterocycles. The zero-order chi connectivity index (χ0) is 13.4. The molecule has 1 aromatic rings. The molecule has 0 atom stereocenters. The summed E-state index contributed by atoms with van der Waals surface area (Å²) in [5.74, 6) is 0. The molecule has 2 rings (SSSR count). The lowest BCUT2D eigenvalue weighted by Crippen LogP contribution is -2.41. The van der Waals surface area contributed by atoms with E-state index < -0.39 is 0 Å². The normalized spacial score (nSPS) is 21.3. The lowest BCUT2D eigenvalue weighted by atomic mass is 9.78. The van der Waals surface area contributed by atoms with Crippen molar-refractivity contribution in [2.75, 3.05) is 7.05 Å². The van der Waals surface area contributed by atoms with E-state index in [0.29, 0.717) is 0 Å². The van der Waals surface area contributed by atoms with E-state index in [1.165, 1.54) is 5.56 Å². The van der Waals surface area contributed by atoms with Crippen LogP contribution in [-0.4, -0.2) is 25.4 Å². The fourth-order valence-electron chi connectivity index (χ4n) is 2.03. The highest BCUT2D eigenvalue weighted by molar-refractivity contribution is 6.62. The molecule has 0 aromatic heterocycles. The Hall–Kier alpha value is -0.835. The summed E-state index contributed by atoms with van der Waals surface area (Å²) in [5.41, 5.74) is 1.76. The first-order valence-corrected chi connectivity index (χ1v) is 6.45. The average Bonchev–Trinajstić information content (AvgIpc) is 2.49. The fraction of sp³-hybridized carbons (Fsp3) is 0.571. The lowest BCUT2D eigenvalue weighted by molar-refractivity contribution is 0.00578. The summed E-state index contributed by atoms with van der Waals surface area (Å²) in [6.45, 7) is 9.15. The highest BCUT2D eigenvalue weighted by Gasteiger charge is 2.51. The molecule has 0 spiro atoms. The quantitative estimate of drug-likeness (QED) is 0.825. The molecule has 1 N–H and O–H groups in total. The second kappa shape index (κ2) is 4.69. The van der Waals surface area contributed by atoms with Crippen molar-refractivity contribution in [3.8, 4) is 0 Å². The van der Waals surface area contributed by atoms with Gasteiger partial charge in [0.05, 0.1) is 11.2 Å². The monoisotopic (exact) mass is 247 g/mol. The Kier molecular flexibility index (Phi) is 3.54. The second-order valence-corrected chi connectivity index (χ2v) is 5.86. The number of hydrogen-bond acceptors (Lipinski definition) is 3. The molecule has 3 nitrogen and oxygen atoms in total. The minimum Gasteiger partial charge on any atom is -0.399 e. The van der Waals surface area contributed by atoms with Crippen molar-refractivity contribution in [1.29, 1.82) is 0 Å². The summed E-state index contributed by atoms with van der Waals surface area (Å²) in [4.78, 5) is 0. The van der Waals surface area contributed by atoms with E-state index in [2.05, 4.69) is 51.2 Å². The van der Waals surface area contributed by atoms with Gasteiger partial charge in [0.2, 0.25) is 0 Å². The topological polar surface area (TPSA) is 30.5 Å². The molecule has 18 heavy (non-hydrogen) atoms. The third kappa shape index (κ3) is 2.46. The van der Waals surface area contributed by atoms with E-state index in [1.54, 1.807) is 0 Å². The van der Waals surface area contributed by atoms with Gasteiger partial charge in [0.15, 0.2) is 0 Å². The molecule has 1 aromatic carbocycles.